The van der Waals surface area contributed by atoms with E-state index in [-0.39, 0.29) is 16.8 Å². The van der Waals surface area contributed by atoms with E-state index in [1.165, 1.54) is 37.4 Å². The molecule has 0 saturated heterocycles. The van der Waals surface area contributed by atoms with Gasteiger partial charge in [-0.2, -0.15) is 10.2 Å². The SMILES string of the molecule is COC(=O)c1ccc(C(=O)OC)c(/N=N/C(C(C)=O)C(=O)Nc2ccc3[nH]c(=O)[nH]c3c2)c1. The number of hydrogen-bond acceptors (Lipinski definition) is 9. The normalized spacial score (nSPS) is 11.8. The first-order valence-electron chi connectivity index (χ1n) is 9.48. The molecule has 12 heteroatoms. The molecule has 33 heavy (non-hydrogen) atoms. The Hall–Kier alpha value is -4.61. The molecule has 0 aliphatic rings. The average molecular weight is 453 g/mol. The Morgan fingerprint density at radius 2 is 1.64 bits per heavy atom. The van der Waals surface area contributed by atoms with E-state index in [1.54, 1.807) is 6.07 Å². The highest BCUT2D eigenvalue weighted by Crippen LogP contribution is 2.24. The van der Waals surface area contributed by atoms with E-state index in [0.29, 0.717) is 16.7 Å². The number of amides is 1. The van der Waals surface area contributed by atoms with Crippen molar-refractivity contribution in [3.8, 4) is 0 Å². The molecule has 0 aliphatic heterocycles. The largest absolute Gasteiger partial charge is 0.465 e. The molecular formula is C21H19N5O7. The minimum Gasteiger partial charge on any atom is -0.465 e. The second kappa shape index (κ2) is 9.68. The number of rotatable bonds is 7. The number of methoxy groups -OCH3 is 2. The number of azo groups is 1. The molecule has 1 unspecified atom stereocenters. The van der Waals surface area contributed by atoms with Gasteiger partial charge < -0.3 is 24.8 Å². The van der Waals surface area contributed by atoms with Gasteiger partial charge in [0.2, 0.25) is 6.04 Å². The molecule has 1 aromatic heterocycles. The van der Waals surface area contributed by atoms with Gasteiger partial charge in [-0.3, -0.25) is 9.59 Å². The number of imidazole rings is 1. The van der Waals surface area contributed by atoms with Crippen molar-refractivity contribution < 1.29 is 28.7 Å². The number of nitrogens with zero attached hydrogens (tertiary/aromatic N) is 2. The lowest BCUT2D eigenvalue weighted by Crippen LogP contribution is -2.31. The Morgan fingerprint density at radius 1 is 0.939 bits per heavy atom. The molecule has 3 N–H and O–H groups in total. The van der Waals surface area contributed by atoms with Crippen LogP contribution in [0.3, 0.4) is 0 Å². The van der Waals surface area contributed by atoms with Crippen molar-refractivity contribution in [1.29, 1.82) is 0 Å². The summed E-state index contributed by atoms with van der Waals surface area (Å²) < 4.78 is 9.34. The molecule has 1 atom stereocenters. The summed E-state index contributed by atoms with van der Waals surface area (Å²) >= 11 is 0. The van der Waals surface area contributed by atoms with Crippen molar-refractivity contribution in [1.82, 2.24) is 9.97 Å². The third-order valence-corrected chi connectivity index (χ3v) is 4.52. The highest BCUT2D eigenvalue weighted by atomic mass is 16.5. The molecule has 0 bridgehead atoms. The van der Waals surface area contributed by atoms with Crippen LogP contribution in [0.4, 0.5) is 11.4 Å². The Balaban J connectivity index is 1.90. The summed E-state index contributed by atoms with van der Waals surface area (Å²) in [5, 5.41) is 10.2. The summed E-state index contributed by atoms with van der Waals surface area (Å²) in [7, 11) is 2.35. The Morgan fingerprint density at radius 3 is 2.30 bits per heavy atom. The van der Waals surface area contributed by atoms with E-state index in [9.17, 15) is 24.0 Å². The first-order valence-corrected chi connectivity index (χ1v) is 9.48. The number of H-pyrrole nitrogens is 2. The lowest BCUT2D eigenvalue weighted by atomic mass is 10.1. The van der Waals surface area contributed by atoms with Gasteiger partial charge in [-0.25, -0.2) is 14.4 Å². The first-order chi connectivity index (χ1) is 15.7. The highest BCUT2D eigenvalue weighted by molar-refractivity contribution is 6.10. The number of nitrogens with one attached hydrogen (secondary N) is 3. The van der Waals surface area contributed by atoms with Crippen molar-refractivity contribution in [2.75, 3.05) is 19.5 Å². The maximum atomic E-state index is 12.7. The van der Waals surface area contributed by atoms with Crippen LogP contribution in [-0.2, 0) is 19.1 Å². The van der Waals surface area contributed by atoms with E-state index in [2.05, 4.69) is 30.3 Å². The Labute approximate surface area is 186 Å². The number of aromatic amines is 2. The summed E-state index contributed by atoms with van der Waals surface area (Å²) in [5.41, 5.74) is 0.875. The molecule has 0 aliphatic carbocycles. The van der Waals surface area contributed by atoms with Gasteiger partial charge in [-0.1, -0.05) is 0 Å². The van der Waals surface area contributed by atoms with Crippen LogP contribution < -0.4 is 11.0 Å². The molecule has 0 radical (unpaired) electrons. The van der Waals surface area contributed by atoms with Gasteiger partial charge >= 0.3 is 17.6 Å². The number of aromatic nitrogens is 2. The fourth-order valence-corrected chi connectivity index (χ4v) is 2.90. The van der Waals surface area contributed by atoms with Crippen LogP contribution in [0.5, 0.6) is 0 Å². The molecule has 2 aromatic carbocycles. The Kier molecular flexibility index (Phi) is 6.77. The minimum atomic E-state index is -1.54. The van der Waals surface area contributed by atoms with Gasteiger partial charge in [0.25, 0.3) is 5.91 Å². The zero-order valence-electron chi connectivity index (χ0n) is 17.8. The Bertz CT molecular complexity index is 1340. The number of ketones is 1. The van der Waals surface area contributed by atoms with Crippen molar-refractivity contribution in [2.45, 2.75) is 13.0 Å². The molecule has 12 nitrogen and oxygen atoms in total. The smallest absolute Gasteiger partial charge is 0.340 e. The van der Waals surface area contributed by atoms with Crippen LogP contribution in [0.15, 0.2) is 51.4 Å². The van der Waals surface area contributed by atoms with Crippen molar-refractivity contribution in [2.24, 2.45) is 10.2 Å². The van der Waals surface area contributed by atoms with Gasteiger partial charge in [-0.05, 0) is 43.3 Å². The lowest BCUT2D eigenvalue weighted by Gasteiger charge is -2.10. The minimum absolute atomic E-state index is 0.0292. The van der Waals surface area contributed by atoms with E-state index in [1.807, 2.05) is 0 Å². The second-order valence-corrected chi connectivity index (χ2v) is 6.77. The molecule has 0 saturated carbocycles. The molecule has 1 heterocycles. The number of esters is 2. The summed E-state index contributed by atoms with van der Waals surface area (Å²) in [5.74, 6) is -2.83. The second-order valence-electron chi connectivity index (χ2n) is 6.77. The predicted octanol–water partition coefficient (Wildman–Crippen LogP) is 2.11. The maximum Gasteiger partial charge on any atom is 0.340 e. The summed E-state index contributed by atoms with van der Waals surface area (Å²) in [6, 6.07) is 6.94. The number of carbonyl (C=O) groups excluding carboxylic acids is 4. The van der Waals surface area contributed by atoms with Crippen molar-refractivity contribution in [3.05, 3.63) is 58.0 Å². The van der Waals surface area contributed by atoms with Gasteiger partial charge in [0.05, 0.1) is 36.4 Å². The van der Waals surface area contributed by atoms with E-state index < -0.39 is 35.4 Å². The highest BCUT2D eigenvalue weighted by Gasteiger charge is 2.24. The van der Waals surface area contributed by atoms with Crippen LogP contribution in [0, 0.1) is 0 Å². The number of anilines is 1. The lowest BCUT2D eigenvalue weighted by molar-refractivity contribution is -0.126. The number of Topliss-reactive ketones (excluding diaryl/α,β-unsaturated/α-hetero) is 1. The van der Waals surface area contributed by atoms with E-state index in [4.69, 9.17) is 4.74 Å². The molecule has 0 spiro atoms. The van der Waals surface area contributed by atoms with Crippen LogP contribution >= 0.6 is 0 Å². The summed E-state index contributed by atoms with van der Waals surface area (Å²) in [6.45, 7) is 1.15. The first kappa shape index (κ1) is 23.1. The molecule has 3 rings (SSSR count). The predicted molar refractivity (Wildman–Crippen MR) is 116 cm³/mol. The third-order valence-electron chi connectivity index (χ3n) is 4.52. The van der Waals surface area contributed by atoms with Crippen LogP contribution in [0.25, 0.3) is 11.0 Å². The van der Waals surface area contributed by atoms with E-state index >= 15 is 0 Å². The fourth-order valence-electron chi connectivity index (χ4n) is 2.90. The zero-order chi connectivity index (χ0) is 24.1. The fraction of sp³-hybridized carbons (Fsp3) is 0.190. The average Bonchev–Trinajstić information content (AvgIpc) is 3.17. The molecule has 170 valence electrons. The van der Waals surface area contributed by atoms with Crippen molar-refractivity contribution in [3.63, 3.8) is 0 Å². The zero-order valence-corrected chi connectivity index (χ0v) is 17.8. The quantitative estimate of drug-likeness (QED) is 0.279. The van der Waals surface area contributed by atoms with Crippen molar-refractivity contribution >= 4 is 46.0 Å². The van der Waals surface area contributed by atoms with Gasteiger partial charge in [-0.15, -0.1) is 0 Å². The summed E-state index contributed by atoms with van der Waals surface area (Å²) in [4.78, 5) is 65.1. The van der Waals surface area contributed by atoms with Crippen LogP contribution in [0.2, 0.25) is 0 Å². The monoisotopic (exact) mass is 453 g/mol. The third kappa shape index (κ3) is 5.18. The molecule has 0 fully saturated rings. The molecular weight excluding hydrogens is 434 g/mol. The number of fused-ring (bicyclic) bond motifs is 1. The van der Waals surface area contributed by atoms with Gasteiger partial charge in [0.1, 0.15) is 5.69 Å². The standard InChI is InChI=1S/C21H19N5O7/c1-10(27)17(18(28)22-12-5-7-14-16(9-12)24-21(31)23-14)26-25-15-8-11(19(29)32-2)4-6-13(15)20(30)33-3/h4-9,17H,1-3H3,(H,22,28)(H2,23,24,31)/b26-25+. The number of hydrogen-bond donors (Lipinski definition) is 3. The number of carbonyl (C=O) groups is 4. The topological polar surface area (TPSA) is 172 Å². The molecule has 3 aromatic rings. The van der Waals surface area contributed by atoms with Crippen LogP contribution in [0.1, 0.15) is 27.6 Å². The summed E-state index contributed by atoms with van der Waals surface area (Å²) in [6.07, 6.45) is 0. The maximum absolute atomic E-state index is 12.7. The number of ether oxygens (including phenoxy) is 2. The number of benzene rings is 2. The van der Waals surface area contributed by atoms with E-state index in [0.717, 1.165) is 14.0 Å². The molecule has 1 amide bonds. The van der Waals surface area contributed by atoms with Crippen LogP contribution in [-0.4, -0.2) is 53.9 Å². The van der Waals surface area contributed by atoms with Gasteiger partial charge in [0.15, 0.2) is 5.78 Å². The van der Waals surface area contributed by atoms with Gasteiger partial charge in [0, 0.05) is 5.69 Å².